The van der Waals surface area contributed by atoms with E-state index in [1.807, 2.05) is 13.8 Å². The molecule has 2 rings (SSSR count). The first-order valence-corrected chi connectivity index (χ1v) is 10.2. The smallest absolute Gasteiger partial charge is 0.269 e. The van der Waals surface area contributed by atoms with Gasteiger partial charge in [-0.2, -0.15) is 0 Å². The third-order valence-corrected chi connectivity index (χ3v) is 4.26. The fourth-order valence-electron chi connectivity index (χ4n) is 2.67. The van der Waals surface area contributed by atoms with Crippen molar-refractivity contribution in [3.05, 3.63) is 47.5 Å². The number of carbonyl (C=O) groups is 2. The molecule has 0 aliphatic rings. The Morgan fingerprint density at radius 3 is 1.84 bits per heavy atom. The zero-order valence-electron chi connectivity index (χ0n) is 18.6. The number of rotatable bonds is 10. The van der Waals surface area contributed by atoms with Gasteiger partial charge < -0.3 is 18.9 Å². The van der Waals surface area contributed by atoms with Crippen LogP contribution in [-0.4, -0.2) is 38.7 Å². The van der Waals surface area contributed by atoms with E-state index in [0.717, 1.165) is 12.8 Å². The molecule has 2 aromatic rings. The van der Waals surface area contributed by atoms with Crippen LogP contribution in [0.1, 0.15) is 54.3 Å². The zero-order chi connectivity index (χ0) is 22.8. The van der Waals surface area contributed by atoms with Gasteiger partial charge in [-0.1, -0.05) is 13.3 Å². The van der Waals surface area contributed by atoms with Crippen LogP contribution in [0.3, 0.4) is 0 Å². The molecule has 0 bridgehead atoms. The number of unbranched alkanes of at least 4 members (excludes halogenated alkanes) is 1. The third kappa shape index (κ3) is 6.80. The summed E-state index contributed by atoms with van der Waals surface area (Å²) < 4.78 is 21.9. The molecule has 2 amide bonds. The number of hydrogen-bond donors (Lipinski definition) is 2. The minimum absolute atomic E-state index is 0.0340. The van der Waals surface area contributed by atoms with Crippen molar-refractivity contribution < 1.29 is 28.5 Å². The maximum absolute atomic E-state index is 12.5. The van der Waals surface area contributed by atoms with Gasteiger partial charge in [-0.3, -0.25) is 20.4 Å². The topological polar surface area (TPSA) is 95.1 Å². The van der Waals surface area contributed by atoms with E-state index in [2.05, 4.69) is 17.8 Å². The van der Waals surface area contributed by atoms with E-state index in [-0.39, 0.29) is 6.10 Å². The molecule has 2 aromatic carbocycles. The largest absolute Gasteiger partial charge is 0.493 e. The van der Waals surface area contributed by atoms with Gasteiger partial charge in [0.25, 0.3) is 11.8 Å². The monoisotopic (exact) mass is 430 g/mol. The molecule has 0 spiro atoms. The Morgan fingerprint density at radius 2 is 1.35 bits per heavy atom. The molecule has 31 heavy (non-hydrogen) atoms. The van der Waals surface area contributed by atoms with E-state index in [1.165, 1.54) is 14.2 Å². The van der Waals surface area contributed by atoms with E-state index < -0.39 is 11.8 Å². The molecule has 0 unspecified atom stereocenters. The molecule has 8 heteroatoms. The van der Waals surface area contributed by atoms with E-state index >= 15 is 0 Å². The first kappa shape index (κ1) is 23.9. The van der Waals surface area contributed by atoms with Crippen LogP contribution >= 0.6 is 0 Å². The fraction of sp³-hybridized carbons (Fsp3) is 0.391. The summed E-state index contributed by atoms with van der Waals surface area (Å²) in [6.07, 6.45) is 1.91. The molecule has 0 heterocycles. The summed E-state index contributed by atoms with van der Waals surface area (Å²) in [6, 6.07) is 9.62. The molecule has 168 valence electrons. The van der Waals surface area contributed by atoms with Gasteiger partial charge in [-0.15, -0.1) is 0 Å². The van der Waals surface area contributed by atoms with E-state index in [9.17, 15) is 9.59 Å². The predicted octanol–water partition coefficient (Wildman–Crippen LogP) is 3.74. The number of benzene rings is 2. The van der Waals surface area contributed by atoms with Gasteiger partial charge >= 0.3 is 0 Å². The van der Waals surface area contributed by atoms with Gasteiger partial charge in [0.05, 0.1) is 26.9 Å². The predicted molar refractivity (Wildman–Crippen MR) is 117 cm³/mol. The highest BCUT2D eigenvalue weighted by molar-refractivity contribution is 5.99. The Balaban J connectivity index is 2.02. The maximum atomic E-state index is 12.5. The molecule has 0 aliphatic heterocycles. The van der Waals surface area contributed by atoms with Gasteiger partial charge in [0.1, 0.15) is 0 Å². The van der Waals surface area contributed by atoms with Gasteiger partial charge in [-0.05, 0) is 56.7 Å². The Bertz CT molecular complexity index is 898. The lowest BCUT2D eigenvalue weighted by Crippen LogP contribution is -2.41. The van der Waals surface area contributed by atoms with Crippen molar-refractivity contribution in [2.45, 2.75) is 39.7 Å². The SMILES string of the molecule is CCCCOc1ccc(C(=O)NNC(=O)c2ccc(OC(C)C)c(OC)c2)cc1OC. The second-order valence-electron chi connectivity index (χ2n) is 7.01. The van der Waals surface area contributed by atoms with Crippen LogP contribution in [0.25, 0.3) is 0 Å². The lowest BCUT2D eigenvalue weighted by atomic mass is 10.2. The summed E-state index contributed by atoms with van der Waals surface area (Å²) in [7, 11) is 3.00. The van der Waals surface area contributed by atoms with Crippen LogP contribution in [0.5, 0.6) is 23.0 Å². The van der Waals surface area contributed by atoms with Gasteiger partial charge in [0.2, 0.25) is 0 Å². The highest BCUT2D eigenvalue weighted by atomic mass is 16.5. The number of nitrogens with one attached hydrogen (secondary N) is 2. The van der Waals surface area contributed by atoms with Crippen LogP contribution in [0.4, 0.5) is 0 Å². The Labute approximate surface area is 182 Å². The normalized spacial score (nSPS) is 10.4. The molecule has 2 N–H and O–H groups in total. The molecule has 0 saturated heterocycles. The van der Waals surface area contributed by atoms with Crippen molar-refractivity contribution in [2.75, 3.05) is 20.8 Å². The molecular weight excluding hydrogens is 400 g/mol. The summed E-state index contributed by atoms with van der Waals surface area (Å²) in [5.74, 6) is 0.989. The van der Waals surface area contributed by atoms with Crippen molar-refractivity contribution in [2.24, 2.45) is 0 Å². The highest BCUT2D eigenvalue weighted by Gasteiger charge is 2.15. The number of hydrazine groups is 1. The van der Waals surface area contributed by atoms with E-state index in [1.54, 1.807) is 36.4 Å². The minimum atomic E-state index is -0.491. The lowest BCUT2D eigenvalue weighted by molar-refractivity contribution is 0.0846. The van der Waals surface area contributed by atoms with Crippen LogP contribution in [0, 0.1) is 0 Å². The summed E-state index contributed by atoms with van der Waals surface area (Å²) in [4.78, 5) is 24.9. The first-order chi connectivity index (χ1) is 14.9. The standard InChI is InChI=1S/C23H30N2O6/c1-6-7-12-30-18-10-8-16(13-20(18)28-4)22(26)24-25-23(27)17-9-11-19(31-15(2)3)21(14-17)29-5/h8-11,13-15H,6-7,12H2,1-5H3,(H,24,26)(H,25,27). The van der Waals surface area contributed by atoms with Crippen molar-refractivity contribution >= 4 is 11.8 Å². The second kappa shape index (κ2) is 11.7. The van der Waals surface area contributed by atoms with Crippen LogP contribution in [0.2, 0.25) is 0 Å². The molecular formula is C23H30N2O6. The van der Waals surface area contributed by atoms with Gasteiger partial charge in [0.15, 0.2) is 23.0 Å². The fourth-order valence-corrected chi connectivity index (χ4v) is 2.67. The first-order valence-electron chi connectivity index (χ1n) is 10.2. The molecule has 0 aliphatic carbocycles. The van der Waals surface area contributed by atoms with Gasteiger partial charge in [0, 0.05) is 11.1 Å². The third-order valence-electron chi connectivity index (χ3n) is 4.26. The van der Waals surface area contributed by atoms with Crippen molar-refractivity contribution in [1.29, 1.82) is 0 Å². The van der Waals surface area contributed by atoms with Crippen molar-refractivity contribution in [3.8, 4) is 23.0 Å². The lowest BCUT2D eigenvalue weighted by Gasteiger charge is -2.15. The molecule has 0 atom stereocenters. The van der Waals surface area contributed by atoms with Crippen LogP contribution < -0.4 is 29.8 Å². The van der Waals surface area contributed by atoms with E-state index in [0.29, 0.717) is 40.7 Å². The zero-order valence-corrected chi connectivity index (χ0v) is 18.6. The maximum Gasteiger partial charge on any atom is 0.269 e. The van der Waals surface area contributed by atoms with Crippen molar-refractivity contribution in [3.63, 3.8) is 0 Å². The molecule has 0 fully saturated rings. The average Bonchev–Trinajstić information content (AvgIpc) is 2.77. The Kier molecular flexibility index (Phi) is 8.99. The van der Waals surface area contributed by atoms with Gasteiger partial charge in [-0.25, -0.2) is 0 Å². The molecule has 8 nitrogen and oxygen atoms in total. The quantitative estimate of drug-likeness (QED) is 0.440. The highest BCUT2D eigenvalue weighted by Crippen LogP contribution is 2.29. The number of amides is 2. The molecule has 0 aromatic heterocycles. The number of hydrogen-bond acceptors (Lipinski definition) is 6. The Morgan fingerprint density at radius 1 is 0.839 bits per heavy atom. The summed E-state index contributed by atoms with van der Waals surface area (Å²) in [5, 5.41) is 0. The summed E-state index contributed by atoms with van der Waals surface area (Å²) in [5.41, 5.74) is 5.42. The van der Waals surface area contributed by atoms with Crippen LogP contribution in [0.15, 0.2) is 36.4 Å². The average molecular weight is 431 g/mol. The number of carbonyl (C=O) groups excluding carboxylic acids is 2. The second-order valence-corrected chi connectivity index (χ2v) is 7.01. The Hall–Kier alpha value is -3.42. The van der Waals surface area contributed by atoms with Crippen molar-refractivity contribution in [1.82, 2.24) is 10.9 Å². The molecule has 0 radical (unpaired) electrons. The molecule has 0 saturated carbocycles. The van der Waals surface area contributed by atoms with Crippen LogP contribution in [-0.2, 0) is 0 Å². The number of methoxy groups -OCH3 is 2. The summed E-state index contributed by atoms with van der Waals surface area (Å²) in [6.45, 7) is 6.44. The van der Waals surface area contributed by atoms with E-state index in [4.69, 9.17) is 18.9 Å². The minimum Gasteiger partial charge on any atom is -0.493 e. The summed E-state index contributed by atoms with van der Waals surface area (Å²) >= 11 is 0. The number of ether oxygens (including phenoxy) is 4.